The van der Waals surface area contributed by atoms with E-state index in [1.54, 1.807) is 18.1 Å². The van der Waals surface area contributed by atoms with Crippen molar-refractivity contribution in [3.05, 3.63) is 95.7 Å². The highest BCUT2D eigenvalue weighted by Crippen LogP contribution is 2.29. The van der Waals surface area contributed by atoms with Crippen LogP contribution in [-0.4, -0.2) is 25.5 Å². The van der Waals surface area contributed by atoms with Crippen LogP contribution >= 0.6 is 0 Å². The van der Waals surface area contributed by atoms with Crippen molar-refractivity contribution in [3.63, 3.8) is 0 Å². The van der Waals surface area contributed by atoms with E-state index in [1.165, 1.54) is 0 Å². The first kappa shape index (κ1) is 19.5. The zero-order valence-corrected chi connectivity index (χ0v) is 16.9. The molecule has 0 N–H and O–H groups in total. The number of carbonyl (C=O) groups excluding carboxylic acids is 1. The van der Waals surface area contributed by atoms with Crippen molar-refractivity contribution < 1.29 is 14.3 Å². The van der Waals surface area contributed by atoms with Gasteiger partial charge in [0, 0.05) is 5.56 Å². The monoisotopic (exact) mass is 398 g/mol. The molecular weight excluding hydrogens is 376 g/mol. The first-order chi connectivity index (χ1) is 14.7. The Morgan fingerprint density at radius 2 is 1.57 bits per heavy atom. The Bertz CT molecular complexity index is 1090. The molecule has 150 valence electrons. The van der Waals surface area contributed by atoms with E-state index in [1.807, 2.05) is 85.8 Å². The summed E-state index contributed by atoms with van der Waals surface area (Å²) in [7, 11) is 1.62. The number of hydrogen-bond acceptors (Lipinski definition) is 4. The SMILES string of the molecule is CCOc1ccc(N2C(=O)/C(=C\c3ccccc3)N=C2c2ccc(OC)cc2)cc1. The summed E-state index contributed by atoms with van der Waals surface area (Å²) in [6, 6.07) is 24.7. The number of nitrogens with zero attached hydrogens (tertiary/aromatic N) is 2. The fourth-order valence-corrected chi connectivity index (χ4v) is 3.26. The molecule has 0 aromatic heterocycles. The highest BCUT2D eigenvalue weighted by molar-refractivity contribution is 6.33. The molecule has 1 amide bonds. The Morgan fingerprint density at radius 3 is 2.20 bits per heavy atom. The summed E-state index contributed by atoms with van der Waals surface area (Å²) in [5, 5.41) is 0. The lowest BCUT2D eigenvalue weighted by Gasteiger charge is -2.19. The Morgan fingerprint density at radius 1 is 0.900 bits per heavy atom. The summed E-state index contributed by atoms with van der Waals surface area (Å²) in [5.74, 6) is 1.91. The average molecular weight is 398 g/mol. The van der Waals surface area contributed by atoms with E-state index < -0.39 is 0 Å². The van der Waals surface area contributed by atoms with Crippen molar-refractivity contribution in [2.75, 3.05) is 18.6 Å². The summed E-state index contributed by atoms with van der Waals surface area (Å²) >= 11 is 0. The molecule has 0 aliphatic carbocycles. The lowest BCUT2D eigenvalue weighted by Crippen LogP contribution is -2.32. The zero-order valence-electron chi connectivity index (χ0n) is 16.9. The van der Waals surface area contributed by atoms with Crippen molar-refractivity contribution in [1.29, 1.82) is 0 Å². The number of methoxy groups -OCH3 is 1. The fourth-order valence-electron chi connectivity index (χ4n) is 3.26. The lowest BCUT2D eigenvalue weighted by atomic mass is 10.1. The van der Waals surface area contributed by atoms with Crippen LogP contribution < -0.4 is 14.4 Å². The van der Waals surface area contributed by atoms with Crippen molar-refractivity contribution in [2.45, 2.75) is 6.92 Å². The second-order valence-electron chi connectivity index (χ2n) is 6.67. The van der Waals surface area contributed by atoms with Crippen LogP contribution in [0.15, 0.2) is 89.6 Å². The van der Waals surface area contributed by atoms with Gasteiger partial charge in [-0.25, -0.2) is 4.99 Å². The molecular formula is C25H22N2O3. The summed E-state index contributed by atoms with van der Waals surface area (Å²) in [4.78, 5) is 19.6. The average Bonchev–Trinajstić information content (AvgIpc) is 3.11. The van der Waals surface area contributed by atoms with Crippen LogP contribution in [0.25, 0.3) is 6.08 Å². The van der Waals surface area contributed by atoms with Crippen molar-refractivity contribution in [3.8, 4) is 11.5 Å². The Balaban J connectivity index is 1.76. The first-order valence-corrected chi connectivity index (χ1v) is 9.77. The number of amides is 1. The summed E-state index contributed by atoms with van der Waals surface area (Å²) in [6.07, 6.45) is 1.81. The zero-order chi connectivity index (χ0) is 20.9. The number of rotatable bonds is 6. The third-order valence-electron chi connectivity index (χ3n) is 4.72. The molecule has 30 heavy (non-hydrogen) atoms. The molecule has 5 heteroatoms. The molecule has 3 aromatic carbocycles. The third kappa shape index (κ3) is 3.96. The maximum atomic E-state index is 13.3. The summed E-state index contributed by atoms with van der Waals surface area (Å²) < 4.78 is 10.8. The van der Waals surface area contributed by atoms with Crippen molar-refractivity contribution in [2.24, 2.45) is 4.99 Å². The molecule has 0 saturated carbocycles. The van der Waals surface area contributed by atoms with Crippen LogP contribution in [0.2, 0.25) is 0 Å². The van der Waals surface area contributed by atoms with E-state index in [2.05, 4.69) is 4.99 Å². The van der Waals surface area contributed by atoms with Gasteiger partial charge in [0.05, 0.1) is 19.4 Å². The number of anilines is 1. The number of carbonyl (C=O) groups is 1. The second-order valence-corrected chi connectivity index (χ2v) is 6.67. The van der Waals surface area contributed by atoms with Gasteiger partial charge in [0.2, 0.25) is 0 Å². The van der Waals surface area contributed by atoms with Gasteiger partial charge in [0.1, 0.15) is 23.0 Å². The van der Waals surface area contributed by atoms with Crippen LogP contribution in [0, 0.1) is 0 Å². The number of hydrogen-bond donors (Lipinski definition) is 0. The summed E-state index contributed by atoms with van der Waals surface area (Å²) in [6.45, 7) is 2.53. The van der Waals surface area contributed by atoms with Crippen LogP contribution in [-0.2, 0) is 4.79 Å². The lowest BCUT2D eigenvalue weighted by molar-refractivity contribution is -0.113. The largest absolute Gasteiger partial charge is 0.497 e. The smallest absolute Gasteiger partial charge is 0.282 e. The van der Waals surface area contributed by atoms with Gasteiger partial charge in [-0.1, -0.05) is 30.3 Å². The van der Waals surface area contributed by atoms with Gasteiger partial charge >= 0.3 is 0 Å². The predicted octanol–water partition coefficient (Wildman–Crippen LogP) is 4.93. The topological polar surface area (TPSA) is 51.1 Å². The normalized spacial score (nSPS) is 14.7. The molecule has 5 nitrogen and oxygen atoms in total. The van der Waals surface area contributed by atoms with E-state index in [-0.39, 0.29) is 5.91 Å². The van der Waals surface area contributed by atoms with Gasteiger partial charge in [0.25, 0.3) is 5.91 Å². The Hall–Kier alpha value is -3.86. The van der Waals surface area contributed by atoms with Gasteiger partial charge in [-0.3, -0.25) is 9.69 Å². The summed E-state index contributed by atoms with van der Waals surface area (Å²) in [5.41, 5.74) is 2.87. The fraction of sp³-hybridized carbons (Fsp3) is 0.120. The molecule has 4 rings (SSSR count). The number of benzene rings is 3. The molecule has 3 aromatic rings. The molecule has 0 saturated heterocycles. The number of ether oxygens (including phenoxy) is 2. The quantitative estimate of drug-likeness (QED) is 0.553. The van der Waals surface area contributed by atoms with Crippen LogP contribution in [0.4, 0.5) is 5.69 Å². The van der Waals surface area contributed by atoms with E-state index in [0.717, 1.165) is 28.3 Å². The van der Waals surface area contributed by atoms with Crippen LogP contribution in [0.5, 0.6) is 11.5 Å². The third-order valence-corrected chi connectivity index (χ3v) is 4.72. The predicted molar refractivity (Wildman–Crippen MR) is 119 cm³/mol. The van der Waals surface area contributed by atoms with Crippen LogP contribution in [0.1, 0.15) is 18.1 Å². The van der Waals surface area contributed by atoms with E-state index in [4.69, 9.17) is 9.47 Å². The minimum absolute atomic E-state index is 0.172. The Kier molecular flexibility index (Phi) is 5.61. The number of aliphatic imine (C=N–C) groups is 1. The molecule has 0 unspecified atom stereocenters. The van der Waals surface area contributed by atoms with Gasteiger partial charge in [0.15, 0.2) is 0 Å². The molecule has 0 atom stereocenters. The molecule has 0 radical (unpaired) electrons. The van der Waals surface area contributed by atoms with E-state index >= 15 is 0 Å². The van der Waals surface area contributed by atoms with Crippen molar-refractivity contribution >= 4 is 23.5 Å². The standard InChI is InChI=1S/C25H22N2O3/c1-3-30-22-15-11-20(12-16-22)27-24(19-9-13-21(29-2)14-10-19)26-23(25(27)28)17-18-7-5-4-6-8-18/h4-17H,3H2,1-2H3/b23-17+. The minimum Gasteiger partial charge on any atom is -0.497 e. The van der Waals surface area contributed by atoms with Gasteiger partial charge in [-0.05, 0) is 67.1 Å². The van der Waals surface area contributed by atoms with E-state index in [9.17, 15) is 4.79 Å². The Labute approximate surface area is 175 Å². The van der Waals surface area contributed by atoms with E-state index in [0.29, 0.717) is 18.1 Å². The highest BCUT2D eigenvalue weighted by atomic mass is 16.5. The van der Waals surface area contributed by atoms with Crippen molar-refractivity contribution in [1.82, 2.24) is 0 Å². The van der Waals surface area contributed by atoms with Gasteiger partial charge in [-0.15, -0.1) is 0 Å². The van der Waals surface area contributed by atoms with Gasteiger partial charge < -0.3 is 9.47 Å². The van der Waals surface area contributed by atoms with Crippen LogP contribution in [0.3, 0.4) is 0 Å². The minimum atomic E-state index is -0.172. The maximum absolute atomic E-state index is 13.3. The molecule has 0 bridgehead atoms. The molecule has 0 spiro atoms. The molecule has 0 fully saturated rings. The highest BCUT2D eigenvalue weighted by Gasteiger charge is 2.32. The number of amidine groups is 1. The second kappa shape index (κ2) is 8.66. The molecule has 1 aliphatic rings. The first-order valence-electron chi connectivity index (χ1n) is 9.77. The molecule has 1 aliphatic heterocycles. The van der Waals surface area contributed by atoms with Gasteiger partial charge in [-0.2, -0.15) is 0 Å². The maximum Gasteiger partial charge on any atom is 0.282 e. The molecule has 1 heterocycles.